The predicted molar refractivity (Wildman–Crippen MR) is 111 cm³/mol. The summed E-state index contributed by atoms with van der Waals surface area (Å²) >= 11 is 0. The van der Waals surface area contributed by atoms with Crippen LogP contribution in [0.4, 0.5) is 5.69 Å². The normalized spacial score (nSPS) is 12.3. The molecular weight excluding hydrogens is 368 g/mol. The Bertz CT molecular complexity index is 939. The van der Waals surface area contributed by atoms with Gasteiger partial charge >= 0.3 is 0 Å². The number of hydrogen-bond donors (Lipinski definition) is 1. The van der Waals surface area contributed by atoms with Crippen molar-refractivity contribution in [3.05, 3.63) is 53.1 Å². The van der Waals surface area contributed by atoms with Gasteiger partial charge in [-0.15, -0.1) is 10.2 Å². The van der Waals surface area contributed by atoms with Crippen molar-refractivity contribution in [2.45, 2.75) is 53.6 Å². The number of furan rings is 1. The predicted octanol–water partition coefficient (Wildman–Crippen LogP) is 4.49. The van der Waals surface area contributed by atoms with Gasteiger partial charge in [-0.1, -0.05) is 24.6 Å². The van der Waals surface area contributed by atoms with Gasteiger partial charge in [-0.05, 0) is 63.9 Å². The summed E-state index contributed by atoms with van der Waals surface area (Å²) < 4.78 is 11.0. The van der Waals surface area contributed by atoms with Crippen LogP contribution in [0.15, 0.2) is 39.4 Å². The Morgan fingerprint density at radius 3 is 2.55 bits per heavy atom. The minimum absolute atomic E-state index is 0.0562. The number of carbonyl (C=O) groups is 1. The molecule has 3 aromatic rings. The maximum absolute atomic E-state index is 13.0. The monoisotopic (exact) mass is 396 g/mol. The number of nitrogens with zero attached hydrogens (tertiary/aromatic N) is 3. The topological polar surface area (TPSA) is 84.4 Å². The van der Waals surface area contributed by atoms with Gasteiger partial charge in [0.2, 0.25) is 11.8 Å². The first-order valence-corrected chi connectivity index (χ1v) is 9.88. The number of hydrogen-bond acceptors (Lipinski definition) is 6. The third kappa shape index (κ3) is 4.92. The Balaban J connectivity index is 1.72. The summed E-state index contributed by atoms with van der Waals surface area (Å²) in [6, 6.07) is 7.33. The van der Waals surface area contributed by atoms with E-state index in [1.54, 1.807) is 18.4 Å². The molecule has 2 aromatic heterocycles. The molecule has 0 aliphatic rings. The second kappa shape index (κ2) is 9.05. The van der Waals surface area contributed by atoms with E-state index < -0.39 is 0 Å². The van der Waals surface area contributed by atoms with Crippen molar-refractivity contribution < 1.29 is 13.6 Å². The van der Waals surface area contributed by atoms with Crippen molar-refractivity contribution in [1.29, 1.82) is 0 Å². The van der Waals surface area contributed by atoms with Gasteiger partial charge in [-0.2, -0.15) is 0 Å². The zero-order valence-corrected chi connectivity index (χ0v) is 17.7. The SMILES string of the molecule is CCCN(Cc1nnc(-c2ccco2)o1)[C@H](C)C(=O)Nc1c(C)cc(C)cc1C. The van der Waals surface area contributed by atoms with E-state index in [1.165, 1.54) is 5.56 Å². The van der Waals surface area contributed by atoms with Crippen molar-refractivity contribution in [1.82, 2.24) is 15.1 Å². The second-order valence-electron chi connectivity index (χ2n) is 7.39. The van der Waals surface area contributed by atoms with Crippen LogP contribution < -0.4 is 5.32 Å². The lowest BCUT2D eigenvalue weighted by atomic mass is 10.0. The summed E-state index contributed by atoms with van der Waals surface area (Å²) in [5, 5.41) is 11.2. The zero-order chi connectivity index (χ0) is 21.0. The van der Waals surface area contributed by atoms with Crippen molar-refractivity contribution in [2.75, 3.05) is 11.9 Å². The van der Waals surface area contributed by atoms with Crippen LogP contribution in [-0.4, -0.2) is 33.6 Å². The molecule has 1 aromatic carbocycles. The minimum Gasteiger partial charge on any atom is -0.459 e. The molecule has 0 aliphatic carbocycles. The van der Waals surface area contributed by atoms with Crippen molar-refractivity contribution in [3.8, 4) is 11.7 Å². The summed E-state index contributed by atoms with van der Waals surface area (Å²) in [6.07, 6.45) is 2.46. The number of benzene rings is 1. The number of anilines is 1. The Morgan fingerprint density at radius 1 is 1.21 bits per heavy atom. The van der Waals surface area contributed by atoms with Crippen LogP contribution in [0.3, 0.4) is 0 Å². The highest BCUT2D eigenvalue weighted by atomic mass is 16.4. The van der Waals surface area contributed by atoms with E-state index in [4.69, 9.17) is 8.83 Å². The lowest BCUT2D eigenvalue weighted by Gasteiger charge is -2.27. The Hall–Kier alpha value is -2.93. The quantitative estimate of drug-likeness (QED) is 0.604. The highest BCUT2D eigenvalue weighted by molar-refractivity contribution is 5.96. The average Bonchev–Trinajstić information content (AvgIpc) is 3.35. The van der Waals surface area contributed by atoms with Gasteiger partial charge in [-0.25, -0.2) is 0 Å². The molecule has 0 fully saturated rings. The average molecular weight is 396 g/mol. The maximum Gasteiger partial charge on any atom is 0.283 e. The van der Waals surface area contributed by atoms with Gasteiger partial charge in [0.15, 0.2) is 5.76 Å². The third-order valence-electron chi connectivity index (χ3n) is 4.90. The molecule has 0 saturated heterocycles. The van der Waals surface area contributed by atoms with E-state index in [0.717, 1.165) is 29.8 Å². The number of amides is 1. The second-order valence-corrected chi connectivity index (χ2v) is 7.39. The molecule has 2 heterocycles. The fraction of sp³-hybridized carbons (Fsp3) is 0.409. The van der Waals surface area contributed by atoms with E-state index in [-0.39, 0.29) is 11.9 Å². The van der Waals surface area contributed by atoms with Gasteiger partial charge in [0.25, 0.3) is 5.89 Å². The molecule has 0 bridgehead atoms. The molecule has 1 N–H and O–H groups in total. The molecule has 7 nitrogen and oxygen atoms in total. The molecule has 0 unspecified atom stereocenters. The van der Waals surface area contributed by atoms with E-state index in [0.29, 0.717) is 24.1 Å². The molecule has 0 radical (unpaired) electrons. The van der Waals surface area contributed by atoms with Gasteiger partial charge in [-0.3, -0.25) is 9.69 Å². The Morgan fingerprint density at radius 2 is 1.93 bits per heavy atom. The standard InChI is InChI=1S/C22H28N4O3/c1-6-9-26(13-19-24-25-22(29-19)18-8-7-10-28-18)17(5)21(27)23-20-15(3)11-14(2)12-16(20)4/h7-8,10-12,17H,6,9,13H2,1-5H3,(H,23,27)/t17-/m1/s1. The third-order valence-corrected chi connectivity index (χ3v) is 4.90. The summed E-state index contributed by atoms with van der Waals surface area (Å²) in [5.41, 5.74) is 4.18. The maximum atomic E-state index is 13.0. The lowest BCUT2D eigenvalue weighted by Crippen LogP contribution is -2.42. The summed E-state index contributed by atoms with van der Waals surface area (Å²) in [5.74, 6) is 1.26. The van der Waals surface area contributed by atoms with Crippen molar-refractivity contribution >= 4 is 11.6 Å². The highest BCUT2D eigenvalue weighted by Crippen LogP contribution is 2.23. The first-order chi connectivity index (χ1) is 13.9. The van der Waals surface area contributed by atoms with Crippen LogP contribution in [0, 0.1) is 20.8 Å². The molecule has 154 valence electrons. The number of carbonyl (C=O) groups excluding carboxylic acids is 1. The van der Waals surface area contributed by atoms with Crippen molar-refractivity contribution in [2.24, 2.45) is 0 Å². The Kier molecular flexibility index (Phi) is 6.49. The van der Waals surface area contributed by atoms with Crippen molar-refractivity contribution in [3.63, 3.8) is 0 Å². The fourth-order valence-corrected chi connectivity index (χ4v) is 3.46. The lowest BCUT2D eigenvalue weighted by molar-refractivity contribution is -0.121. The number of aryl methyl sites for hydroxylation is 3. The summed E-state index contributed by atoms with van der Waals surface area (Å²) in [4.78, 5) is 15.0. The van der Waals surface area contributed by atoms with Crippen LogP contribution >= 0.6 is 0 Å². The molecule has 0 saturated carbocycles. The van der Waals surface area contributed by atoms with E-state index in [9.17, 15) is 4.79 Å². The summed E-state index contributed by atoms with van der Waals surface area (Å²) in [6.45, 7) is 11.2. The van der Waals surface area contributed by atoms with Crippen LogP contribution in [-0.2, 0) is 11.3 Å². The highest BCUT2D eigenvalue weighted by Gasteiger charge is 2.24. The van der Waals surface area contributed by atoms with E-state index in [2.05, 4.69) is 41.5 Å². The van der Waals surface area contributed by atoms with Gasteiger partial charge in [0, 0.05) is 5.69 Å². The number of rotatable bonds is 8. The van der Waals surface area contributed by atoms with Gasteiger partial charge < -0.3 is 14.2 Å². The fourth-order valence-electron chi connectivity index (χ4n) is 3.46. The zero-order valence-electron chi connectivity index (χ0n) is 17.7. The molecule has 0 aliphatic heterocycles. The first kappa shape index (κ1) is 20.8. The van der Waals surface area contributed by atoms with Crippen LogP contribution in [0.25, 0.3) is 11.7 Å². The smallest absolute Gasteiger partial charge is 0.283 e. The Labute approximate surface area is 171 Å². The first-order valence-electron chi connectivity index (χ1n) is 9.88. The largest absolute Gasteiger partial charge is 0.459 e. The van der Waals surface area contributed by atoms with Crippen LogP contribution in [0.2, 0.25) is 0 Å². The number of nitrogens with one attached hydrogen (secondary N) is 1. The minimum atomic E-state index is -0.353. The van der Waals surface area contributed by atoms with Gasteiger partial charge in [0.05, 0.1) is 18.8 Å². The van der Waals surface area contributed by atoms with Crippen LogP contribution in [0.5, 0.6) is 0 Å². The molecule has 0 spiro atoms. The molecule has 3 rings (SSSR count). The molecular formula is C22H28N4O3. The molecule has 29 heavy (non-hydrogen) atoms. The molecule has 7 heteroatoms. The van der Waals surface area contributed by atoms with E-state index in [1.807, 2.05) is 25.7 Å². The molecule has 1 atom stereocenters. The van der Waals surface area contributed by atoms with Crippen LogP contribution in [0.1, 0.15) is 42.8 Å². The summed E-state index contributed by atoms with van der Waals surface area (Å²) in [7, 11) is 0. The number of aromatic nitrogens is 2. The molecule has 1 amide bonds. The van der Waals surface area contributed by atoms with Gasteiger partial charge in [0.1, 0.15) is 0 Å². The van der Waals surface area contributed by atoms with E-state index >= 15 is 0 Å².